The second kappa shape index (κ2) is 6.76. The fourth-order valence-electron chi connectivity index (χ4n) is 2.56. The molecule has 1 heterocycles. The summed E-state index contributed by atoms with van der Waals surface area (Å²) in [6.45, 7) is 4.17. The lowest BCUT2D eigenvalue weighted by molar-refractivity contribution is -0.118. The average molecular weight is 360 g/mol. The summed E-state index contributed by atoms with van der Waals surface area (Å²) in [5.74, 6) is 0.571. The number of ether oxygens (including phenoxy) is 1. The predicted octanol–water partition coefficient (Wildman–Crippen LogP) is 3.33. The highest BCUT2D eigenvalue weighted by Gasteiger charge is 2.21. The number of rotatable bonds is 5. The minimum absolute atomic E-state index is 0.0584. The molecule has 6 nitrogen and oxygen atoms in total. The van der Waals surface area contributed by atoms with Gasteiger partial charge in [-0.1, -0.05) is 26.0 Å². The second-order valence-electron chi connectivity index (χ2n) is 6.03. The highest BCUT2D eigenvalue weighted by molar-refractivity contribution is 7.92. The fourth-order valence-corrected chi connectivity index (χ4v) is 3.64. The Hall–Kier alpha value is -2.54. The number of benzene rings is 2. The molecule has 0 radical (unpaired) electrons. The molecule has 0 saturated carbocycles. The van der Waals surface area contributed by atoms with Crippen molar-refractivity contribution in [1.82, 2.24) is 0 Å². The number of nitrogens with one attached hydrogen (secondary N) is 2. The molecule has 1 unspecified atom stereocenters. The zero-order valence-corrected chi connectivity index (χ0v) is 14.9. The quantitative estimate of drug-likeness (QED) is 0.856. The van der Waals surface area contributed by atoms with Crippen LogP contribution in [0.25, 0.3) is 0 Å². The first-order valence-electron chi connectivity index (χ1n) is 8.08. The first kappa shape index (κ1) is 17.3. The predicted molar refractivity (Wildman–Crippen MR) is 96.5 cm³/mol. The monoisotopic (exact) mass is 360 g/mol. The van der Waals surface area contributed by atoms with E-state index >= 15 is 0 Å². The van der Waals surface area contributed by atoms with E-state index in [9.17, 15) is 13.2 Å². The van der Waals surface area contributed by atoms with Crippen molar-refractivity contribution in [3.05, 3.63) is 48.0 Å². The van der Waals surface area contributed by atoms with Crippen LogP contribution >= 0.6 is 0 Å². The van der Waals surface area contributed by atoms with Gasteiger partial charge in [-0.05, 0) is 48.2 Å². The first-order chi connectivity index (χ1) is 11.9. The molecule has 0 aromatic heterocycles. The molecule has 0 bridgehead atoms. The molecule has 2 aromatic rings. The highest BCUT2D eigenvalue weighted by Crippen LogP contribution is 2.31. The van der Waals surface area contributed by atoms with Crippen LogP contribution in [-0.2, 0) is 14.8 Å². The molecular formula is C18H20N2O4S. The molecule has 132 valence electrons. The van der Waals surface area contributed by atoms with Gasteiger partial charge in [-0.15, -0.1) is 0 Å². The molecule has 7 heteroatoms. The van der Waals surface area contributed by atoms with Crippen LogP contribution in [0.15, 0.2) is 47.4 Å². The number of carbonyl (C=O) groups is 1. The van der Waals surface area contributed by atoms with E-state index in [0.29, 0.717) is 23.0 Å². The lowest BCUT2D eigenvalue weighted by Crippen LogP contribution is -2.25. The minimum atomic E-state index is -3.76. The molecule has 1 atom stereocenters. The standard InChI is InChI=1S/C18H20N2O4S/c1-3-12(2)13-4-6-14(7-5-13)20-25(22,23)15-8-9-17-16(10-15)19-18(21)11-24-17/h4-10,12,20H,3,11H2,1-2H3,(H,19,21). The molecule has 0 fully saturated rings. The van der Waals surface area contributed by atoms with Crippen LogP contribution < -0.4 is 14.8 Å². The molecule has 0 spiro atoms. The number of fused-ring (bicyclic) bond motifs is 1. The minimum Gasteiger partial charge on any atom is -0.482 e. The molecule has 2 aromatic carbocycles. The Kier molecular flexibility index (Phi) is 4.67. The summed E-state index contributed by atoms with van der Waals surface area (Å²) in [6.07, 6.45) is 1.02. The molecule has 0 aliphatic carbocycles. The smallest absolute Gasteiger partial charge is 0.262 e. The van der Waals surface area contributed by atoms with E-state index in [0.717, 1.165) is 6.42 Å². The van der Waals surface area contributed by atoms with E-state index in [4.69, 9.17) is 4.74 Å². The summed E-state index contributed by atoms with van der Waals surface area (Å²) in [4.78, 5) is 11.4. The Labute approximate surface area is 147 Å². The molecule has 0 saturated heterocycles. The second-order valence-corrected chi connectivity index (χ2v) is 7.71. The van der Waals surface area contributed by atoms with Crippen LogP contribution in [0.5, 0.6) is 5.75 Å². The average Bonchev–Trinajstić information content (AvgIpc) is 2.60. The SMILES string of the molecule is CCC(C)c1ccc(NS(=O)(=O)c2ccc3c(c2)NC(=O)CO3)cc1. The van der Waals surface area contributed by atoms with Gasteiger partial charge in [-0.25, -0.2) is 8.42 Å². The van der Waals surface area contributed by atoms with E-state index in [1.807, 2.05) is 12.1 Å². The van der Waals surface area contributed by atoms with E-state index in [2.05, 4.69) is 23.9 Å². The van der Waals surface area contributed by atoms with Crippen LogP contribution in [0.3, 0.4) is 0 Å². The third kappa shape index (κ3) is 3.76. The van der Waals surface area contributed by atoms with Crippen molar-refractivity contribution >= 4 is 27.3 Å². The summed E-state index contributed by atoms with van der Waals surface area (Å²) >= 11 is 0. The topological polar surface area (TPSA) is 84.5 Å². The van der Waals surface area contributed by atoms with Crippen molar-refractivity contribution in [2.24, 2.45) is 0 Å². The zero-order valence-electron chi connectivity index (χ0n) is 14.1. The molecule has 1 aliphatic heterocycles. The van der Waals surface area contributed by atoms with Crippen LogP contribution in [0.1, 0.15) is 31.7 Å². The summed E-state index contributed by atoms with van der Waals surface area (Å²) in [5.41, 5.74) is 2.01. The third-order valence-corrected chi connectivity index (χ3v) is 5.62. The molecule has 1 aliphatic rings. The van der Waals surface area contributed by atoms with Gasteiger partial charge in [0.15, 0.2) is 6.61 Å². The van der Waals surface area contributed by atoms with Crippen molar-refractivity contribution in [2.75, 3.05) is 16.6 Å². The Balaban J connectivity index is 1.82. The van der Waals surface area contributed by atoms with E-state index in [1.165, 1.54) is 23.8 Å². The van der Waals surface area contributed by atoms with Crippen LogP contribution in [0, 0.1) is 0 Å². The summed E-state index contributed by atoms with van der Waals surface area (Å²) in [5, 5.41) is 2.61. The molecule has 2 N–H and O–H groups in total. The van der Waals surface area contributed by atoms with Crippen molar-refractivity contribution in [3.63, 3.8) is 0 Å². The fraction of sp³-hybridized carbons (Fsp3) is 0.278. The molecular weight excluding hydrogens is 340 g/mol. The first-order valence-corrected chi connectivity index (χ1v) is 9.57. The normalized spacial score (nSPS) is 14.9. The molecule has 25 heavy (non-hydrogen) atoms. The number of hydrogen-bond acceptors (Lipinski definition) is 4. The largest absolute Gasteiger partial charge is 0.482 e. The maximum absolute atomic E-state index is 12.6. The number of sulfonamides is 1. The van der Waals surface area contributed by atoms with Gasteiger partial charge in [0.1, 0.15) is 5.75 Å². The van der Waals surface area contributed by atoms with Gasteiger partial charge in [-0.2, -0.15) is 0 Å². The van der Waals surface area contributed by atoms with Crippen LogP contribution in [-0.4, -0.2) is 20.9 Å². The van der Waals surface area contributed by atoms with Crippen molar-refractivity contribution in [2.45, 2.75) is 31.1 Å². The number of amides is 1. The van der Waals surface area contributed by atoms with Crippen LogP contribution in [0.2, 0.25) is 0 Å². The summed E-state index contributed by atoms with van der Waals surface area (Å²) in [6, 6.07) is 11.7. The van der Waals surface area contributed by atoms with Crippen LogP contribution in [0.4, 0.5) is 11.4 Å². The van der Waals surface area contributed by atoms with Gasteiger partial charge in [0.2, 0.25) is 0 Å². The molecule has 3 rings (SSSR count). The zero-order chi connectivity index (χ0) is 18.0. The van der Waals surface area contributed by atoms with E-state index in [1.54, 1.807) is 12.1 Å². The highest BCUT2D eigenvalue weighted by atomic mass is 32.2. The summed E-state index contributed by atoms with van der Waals surface area (Å²) < 4.78 is 33.0. The maximum Gasteiger partial charge on any atom is 0.262 e. The van der Waals surface area contributed by atoms with E-state index < -0.39 is 10.0 Å². The lowest BCUT2D eigenvalue weighted by atomic mass is 9.99. The van der Waals surface area contributed by atoms with Gasteiger partial charge >= 0.3 is 0 Å². The van der Waals surface area contributed by atoms with Crippen molar-refractivity contribution < 1.29 is 17.9 Å². The van der Waals surface area contributed by atoms with Crippen molar-refractivity contribution in [1.29, 1.82) is 0 Å². The van der Waals surface area contributed by atoms with Gasteiger partial charge in [-0.3, -0.25) is 9.52 Å². The van der Waals surface area contributed by atoms with Gasteiger partial charge in [0.05, 0.1) is 10.6 Å². The third-order valence-electron chi connectivity index (χ3n) is 4.24. The Morgan fingerprint density at radius 2 is 1.92 bits per heavy atom. The number of anilines is 2. The Morgan fingerprint density at radius 3 is 2.60 bits per heavy atom. The van der Waals surface area contributed by atoms with Crippen molar-refractivity contribution in [3.8, 4) is 5.75 Å². The summed E-state index contributed by atoms with van der Waals surface area (Å²) in [7, 11) is -3.76. The molecule has 1 amide bonds. The number of hydrogen-bond donors (Lipinski definition) is 2. The maximum atomic E-state index is 12.6. The van der Waals surface area contributed by atoms with Gasteiger partial charge in [0, 0.05) is 5.69 Å². The van der Waals surface area contributed by atoms with Gasteiger partial charge < -0.3 is 10.1 Å². The van der Waals surface area contributed by atoms with E-state index in [-0.39, 0.29) is 17.4 Å². The number of carbonyl (C=O) groups excluding carboxylic acids is 1. The lowest BCUT2D eigenvalue weighted by Gasteiger charge is -2.18. The van der Waals surface area contributed by atoms with Gasteiger partial charge in [0.25, 0.3) is 15.9 Å². The Morgan fingerprint density at radius 1 is 1.20 bits per heavy atom. The Bertz CT molecular complexity index is 892.